The quantitative estimate of drug-likeness (QED) is 0.375. The summed E-state index contributed by atoms with van der Waals surface area (Å²) in [4.78, 5) is 39.7. The van der Waals surface area contributed by atoms with E-state index in [0.29, 0.717) is 6.54 Å². The Labute approximate surface area is 154 Å². The fourth-order valence-corrected chi connectivity index (χ4v) is 4.03. The maximum atomic E-state index is 13.0. The molecule has 2 aliphatic rings. The lowest BCUT2D eigenvalue weighted by molar-refractivity contribution is -0.155. The number of amides is 2. The second kappa shape index (κ2) is 9.16. The first-order valence-corrected chi connectivity index (χ1v) is 9.51. The summed E-state index contributed by atoms with van der Waals surface area (Å²) in [5, 5.41) is 12.3. The van der Waals surface area contributed by atoms with E-state index in [9.17, 15) is 19.5 Å². The summed E-state index contributed by atoms with van der Waals surface area (Å²) in [5.41, 5.74) is 0. The molecule has 0 spiro atoms. The molecule has 26 heavy (non-hydrogen) atoms. The Morgan fingerprint density at radius 3 is 2.65 bits per heavy atom. The van der Waals surface area contributed by atoms with E-state index in [-0.39, 0.29) is 43.4 Å². The van der Waals surface area contributed by atoms with Gasteiger partial charge < -0.3 is 20.1 Å². The molecule has 146 valence electrons. The molecule has 2 N–H and O–H groups in total. The van der Waals surface area contributed by atoms with Crippen LogP contribution in [0.5, 0.6) is 0 Å². The highest BCUT2D eigenvalue weighted by Crippen LogP contribution is 2.44. The number of fused-ring (bicyclic) bond motifs is 1. The molecule has 0 bridgehead atoms. The minimum absolute atomic E-state index is 0.0788. The van der Waals surface area contributed by atoms with Crippen LogP contribution in [0.3, 0.4) is 0 Å². The molecule has 1 aliphatic heterocycles. The highest BCUT2D eigenvalue weighted by atomic mass is 16.5. The van der Waals surface area contributed by atoms with E-state index < -0.39 is 23.8 Å². The molecule has 2 rings (SSSR count). The van der Waals surface area contributed by atoms with Gasteiger partial charge in [0.25, 0.3) is 0 Å². The van der Waals surface area contributed by atoms with E-state index in [1.54, 1.807) is 6.92 Å². The molecule has 0 saturated carbocycles. The summed E-state index contributed by atoms with van der Waals surface area (Å²) in [6.45, 7) is 6.30. The first kappa shape index (κ1) is 20.4. The lowest BCUT2D eigenvalue weighted by Gasteiger charge is -2.32. The fraction of sp³-hybridized carbons (Fsp3) is 0.737. The van der Waals surface area contributed by atoms with Gasteiger partial charge in [-0.2, -0.15) is 0 Å². The number of nitrogens with zero attached hydrogens (tertiary/aromatic N) is 1. The van der Waals surface area contributed by atoms with E-state index in [1.807, 2.05) is 26.0 Å². The monoisotopic (exact) mass is 366 g/mol. The minimum atomic E-state index is -0.697. The van der Waals surface area contributed by atoms with Gasteiger partial charge in [0.2, 0.25) is 11.8 Å². The molecular formula is C19H30N2O5. The molecule has 0 aromatic heterocycles. The van der Waals surface area contributed by atoms with E-state index in [4.69, 9.17) is 4.74 Å². The van der Waals surface area contributed by atoms with Crippen LogP contribution in [0.2, 0.25) is 0 Å². The Morgan fingerprint density at radius 2 is 2.04 bits per heavy atom. The van der Waals surface area contributed by atoms with Gasteiger partial charge in [0.05, 0.1) is 25.0 Å². The van der Waals surface area contributed by atoms with Crippen LogP contribution in [0.25, 0.3) is 0 Å². The number of unbranched alkanes of at least 4 members (excludes halogenated alkanes) is 1. The minimum Gasteiger partial charge on any atom is -0.466 e. The van der Waals surface area contributed by atoms with Gasteiger partial charge in [-0.3, -0.25) is 14.4 Å². The first-order chi connectivity index (χ1) is 12.5. The summed E-state index contributed by atoms with van der Waals surface area (Å²) >= 11 is 0. The van der Waals surface area contributed by atoms with Crippen molar-refractivity contribution in [1.82, 2.24) is 10.2 Å². The van der Waals surface area contributed by atoms with E-state index in [0.717, 1.165) is 12.8 Å². The molecule has 5 atom stereocenters. The summed E-state index contributed by atoms with van der Waals surface area (Å²) in [5.74, 6) is -2.64. The number of aliphatic hydroxyl groups excluding tert-OH is 1. The number of allylic oxidation sites excluding steroid dienone is 1. The predicted molar refractivity (Wildman–Crippen MR) is 95.9 cm³/mol. The second-order valence-electron chi connectivity index (χ2n) is 6.97. The van der Waals surface area contributed by atoms with E-state index >= 15 is 0 Å². The third kappa shape index (κ3) is 3.92. The summed E-state index contributed by atoms with van der Waals surface area (Å²) in [6, 6.07) is -0.697. The lowest BCUT2D eigenvalue weighted by Crippen LogP contribution is -2.48. The molecule has 1 saturated heterocycles. The van der Waals surface area contributed by atoms with Gasteiger partial charge in [-0.1, -0.05) is 32.4 Å². The van der Waals surface area contributed by atoms with Crippen LogP contribution in [0.1, 0.15) is 33.6 Å². The number of β-amino-alcohol motifs (C(OH)–C–C–N with tert-alkyl or cyclic N) is 1. The van der Waals surface area contributed by atoms with Crippen molar-refractivity contribution in [1.29, 1.82) is 0 Å². The number of hydrogen-bond donors (Lipinski definition) is 2. The Kier molecular flexibility index (Phi) is 7.20. The number of hydrogen-bond acceptors (Lipinski definition) is 5. The maximum Gasteiger partial charge on any atom is 0.310 e. The van der Waals surface area contributed by atoms with Gasteiger partial charge in [0.15, 0.2) is 0 Å². The van der Waals surface area contributed by atoms with Crippen LogP contribution in [-0.2, 0) is 19.1 Å². The molecule has 0 aromatic carbocycles. The highest BCUT2D eigenvalue weighted by molar-refractivity contribution is 5.96. The molecule has 0 unspecified atom stereocenters. The number of ether oxygens (including phenoxy) is 1. The zero-order chi connectivity index (χ0) is 19.3. The number of carbonyl (C=O) groups excluding carboxylic acids is 3. The predicted octanol–water partition coefficient (Wildman–Crippen LogP) is 0.723. The number of carbonyl (C=O) groups is 3. The molecule has 7 heteroatoms. The van der Waals surface area contributed by atoms with Gasteiger partial charge in [-0.05, 0) is 19.3 Å². The van der Waals surface area contributed by atoms with Crippen molar-refractivity contribution in [3.63, 3.8) is 0 Å². The van der Waals surface area contributed by atoms with Crippen LogP contribution in [0.4, 0.5) is 0 Å². The Bertz CT molecular complexity index is 562. The number of nitrogens with one attached hydrogen (secondary N) is 1. The Hall–Kier alpha value is -1.89. The van der Waals surface area contributed by atoms with Crippen LogP contribution < -0.4 is 5.32 Å². The summed E-state index contributed by atoms with van der Waals surface area (Å²) in [7, 11) is 0. The molecule has 7 nitrogen and oxygen atoms in total. The third-order valence-electron chi connectivity index (χ3n) is 5.27. The Morgan fingerprint density at radius 1 is 1.31 bits per heavy atom. The molecule has 1 heterocycles. The maximum absolute atomic E-state index is 13.0. The lowest BCUT2D eigenvalue weighted by atomic mass is 9.70. The molecule has 2 amide bonds. The van der Waals surface area contributed by atoms with Gasteiger partial charge >= 0.3 is 5.97 Å². The second-order valence-corrected chi connectivity index (χ2v) is 6.97. The van der Waals surface area contributed by atoms with Crippen LogP contribution in [0.15, 0.2) is 12.2 Å². The molecular weight excluding hydrogens is 336 g/mol. The van der Waals surface area contributed by atoms with Crippen molar-refractivity contribution in [3.8, 4) is 0 Å². The van der Waals surface area contributed by atoms with Gasteiger partial charge in [-0.25, -0.2) is 0 Å². The van der Waals surface area contributed by atoms with Crippen molar-refractivity contribution < 1.29 is 24.2 Å². The first-order valence-electron chi connectivity index (χ1n) is 9.51. The average Bonchev–Trinajstić information content (AvgIpc) is 2.88. The van der Waals surface area contributed by atoms with Crippen molar-refractivity contribution in [2.24, 2.45) is 23.7 Å². The van der Waals surface area contributed by atoms with Gasteiger partial charge in [-0.15, -0.1) is 0 Å². The van der Waals surface area contributed by atoms with Gasteiger partial charge in [0.1, 0.15) is 6.04 Å². The zero-order valence-corrected chi connectivity index (χ0v) is 15.8. The Balaban J connectivity index is 2.31. The molecule has 0 aromatic rings. The van der Waals surface area contributed by atoms with Crippen molar-refractivity contribution >= 4 is 17.8 Å². The number of aliphatic hydroxyl groups is 1. The summed E-state index contributed by atoms with van der Waals surface area (Å²) < 4.78 is 5.19. The van der Waals surface area contributed by atoms with E-state index in [1.165, 1.54) is 4.90 Å². The molecule has 1 aliphatic carbocycles. The molecule has 0 radical (unpaired) electrons. The standard InChI is InChI=1S/C19H30N2O5/c1-4-6-9-20-17(23)16-13-8-7-12(3)14(19(25)26-5-2)15(13)18(24)21(16)10-11-22/h7-8,12-16,22H,4-6,9-11H2,1-3H3,(H,20,23)/t12-,13+,14-,15+,16+/m1/s1. The van der Waals surface area contributed by atoms with Crippen LogP contribution in [0, 0.1) is 23.7 Å². The molecule has 1 fully saturated rings. The number of esters is 1. The van der Waals surface area contributed by atoms with Crippen molar-refractivity contribution in [2.45, 2.75) is 39.7 Å². The highest BCUT2D eigenvalue weighted by Gasteiger charge is 2.56. The fourth-order valence-electron chi connectivity index (χ4n) is 4.03. The van der Waals surface area contributed by atoms with Crippen LogP contribution >= 0.6 is 0 Å². The normalized spacial score (nSPS) is 30.2. The summed E-state index contributed by atoms with van der Waals surface area (Å²) in [6.07, 6.45) is 5.59. The topological polar surface area (TPSA) is 95.9 Å². The van der Waals surface area contributed by atoms with E-state index in [2.05, 4.69) is 5.32 Å². The number of likely N-dealkylation sites (tertiary alicyclic amines) is 1. The van der Waals surface area contributed by atoms with Gasteiger partial charge in [0, 0.05) is 19.0 Å². The largest absolute Gasteiger partial charge is 0.466 e. The van der Waals surface area contributed by atoms with Crippen molar-refractivity contribution in [2.75, 3.05) is 26.3 Å². The van der Waals surface area contributed by atoms with Crippen LogP contribution in [-0.4, -0.2) is 60.1 Å². The smallest absolute Gasteiger partial charge is 0.310 e. The number of rotatable bonds is 8. The SMILES string of the molecule is CCCCNC(=O)[C@@H]1[C@H]2C=C[C@@H](C)[C@@H](C(=O)OCC)[C@H]2C(=O)N1CCO. The average molecular weight is 366 g/mol. The van der Waals surface area contributed by atoms with Crippen molar-refractivity contribution in [3.05, 3.63) is 12.2 Å². The zero-order valence-electron chi connectivity index (χ0n) is 15.8. The third-order valence-corrected chi connectivity index (χ3v) is 5.27.